The second kappa shape index (κ2) is 8.23. The zero-order chi connectivity index (χ0) is 14.3. The highest BCUT2D eigenvalue weighted by molar-refractivity contribution is 4.91. The van der Waals surface area contributed by atoms with Crippen molar-refractivity contribution in [3.8, 4) is 0 Å². The van der Waals surface area contributed by atoms with Crippen LogP contribution in [0.4, 0.5) is 0 Å². The first-order chi connectivity index (χ1) is 9.03. The van der Waals surface area contributed by atoms with Crippen molar-refractivity contribution in [2.45, 2.75) is 70.4 Å². The van der Waals surface area contributed by atoms with E-state index in [9.17, 15) is 0 Å². The molecule has 19 heavy (non-hydrogen) atoms. The highest BCUT2D eigenvalue weighted by Crippen LogP contribution is 2.26. The van der Waals surface area contributed by atoms with Crippen LogP contribution in [0.1, 0.15) is 58.8 Å². The zero-order valence-electron chi connectivity index (χ0n) is 13.6. The molecule has 0 aromatic heterocycles. The van der Waals surface area contributed by atoms with Crippen LogP contribution in [-0.4, -0.2) is 55.1 Å². The summed E-state index contributed by atoms with van der Waals surface area (Å²) in [5.41, 5.74) is 6.29. The second-order valence-electron chi connectivity index (χ2n) is 6.68. The van der Waals surface area contributed by atoms with E-state index < -0.39 is 0 Å². The number of nitrogens with two attached hydrogens (primary N) is 1. The van der Waals surface area contributed by atoms with Crippen molar-refractivity contribution in [3.05, 3.63) is 0 Å². The number of rotatable bonds is 8. The highest BCUT2D eigenvalue weighted by atomic mass is 15.3. The minimum absolute atomic E-state index is 0.177. The monoisotopic (exact) mass is 269 g/mol. The summed E-state index contributed by atoms with van der Waals surface area (Å²) >= 11 is 0. The molecular weight excluding hydrogens is 234 g/mol. The lowest BCUT2D eigenvalue weighted by Crippen LogP contribution is -2.57. The van der Waals surface area contributed by atoms with Gasteiger partial charge in [-0.3, -0.25) is 4.90 Å². The van der Waals surface area contributed by atoms with Crippen molar-refractivity contribution in [2.24, 2.45) is 5.73 Å². The number of likely N-dealkylation sites (tertiary alicyclic amines) is 1. The van der Waals surface area contributed by atoms with Crippen LogP contribution >= 0.6 is 0 Å². The Hall–Kier alpha value is -0.120. The van der Waals surface area contributed by atoms with Crippen molar-refractivity contribution in [1.82, 2.24) is 9.80 Å². The molecule has 3 heteroatoms. The molecule has 0 aliphatic carbocycles. The average Bonchev–Trinajstić information content (AvgIpc) is 2.42. The minimum atomic E-state index is 0.177. The van der Waals surface area contributed by atoms with E-state index in [1.54, 1.807) is 0 Å². The largest absolute Gasteiger partial charge is 0.329 e. The number of likely N-dealkylation sites (N-methyl/N-ethyl adjacent to an activating group) is 2. The zero-order valence-corrected chi connectivity index (χ0v) is 13.6. The maximum atomic E-state index is 6.11. The Balaban J connectivity index is 2.50. The highest BCUT2D eigenvalue weighted by Gasteiger charge is 2.33. The van der Waals surface area contributed by atoms with Gasteiger partial charge in [-0.2, -0.15) is 0 Å². The van der Waals surface area contributed by atoms with Gasteiger partial charge >= 0.3 is 0 Å². The summed E-state index contributed by atoms with van der Waals surface area (Å²) in [7, 11) is 4.53. The van der Waals surface area contributed by atoms with E-state index in [2.05, 4.69) is 37.7 Å². The third kappa shape index (κ3) is 5.05. The molecule has 1 aliphatic heterocycles. The lowest BCUT2D eigenvalue weighted by molar-refractivity contribution is 0.0420. The first-order valence-corrected chi connectivity index (χ1v) is 8.15. The van der Waals surface area contributed by atoms with Crippen LogP contribution in [0.2, 0.25) is 0 Å². The lowest BCUT2D eigenvalue weighted by atomic mass is 9.89. The quantitative estimate of drug-likeness (QED) is 0.688. The van der Waals surface area contributed by atoms with Crippen LogP contribution in [0.15, 0.2) is 0 Å². The number of hydrogen-bond donors (Lipinski definition) is 1. The molecule has 114 valence electrons. The molecule has 0 saturated carbocycles. The number of hydrogen-bond acceptors (Lipinski definition) is 3. The Morgan fingerprint density at radius 1 is 1.32 bits per heavy atom. The summed E-state index contributed by atoms with van der Waals surface area (Å²) in [6.07, 6.45) is 9.21. The van der Waals surface area contributed by atoms with E-state index in [4.69, 9.17) is 5.73 Å². The van der Waals surface area contributed by atoms with Crippen LogP contribution in [-0.2, 0) is 0 Å². The van der Waals surface area contributed by atoms with Crippen molar-refractivity contribution < 1.29 is 0 Å². The predicted molar refractivity (Wildman–Crippen MR) is 84.5 cm³/mol. The Morgan fingerprint density at radius 3 is 2.63 bits per heavy atom. The van der Waals surface area contributed by atoms with Crippen molar-refractivity contribution in [2.75, 3.05) is 33.7 Å². The van der Waals surface area contributed by atoms with Crippen molar-refractivity contribution >= 4 is 0 Å². The van der Waals surface area contributed by atoms with E-state index in [1.165, 1.54) is 58.0 Å². The maximum absolute atomic E-state index is 6.11. The van der Waals surface area contributed by atoms with Crippen LogP contribution in [0.5, 0.6) is 0 Å². The van der Waals surface area contributed by atoms with E-state index in [1.807, 2.05) is 0 Å². The summed E-state index contributed by atoms with van der Waals surface area (Å²) in [4.78, 5) is 5.04. The normalized spacial score (nSPS) is 24.6. The number of unbranched alkanes of at least 4 members (excludes halogenated alkanes) is 3. The Bertz CT molecular complexity index is 244. The van der Waals surface area contributed by atoms with Gasteiger partial charge in [0.1, 0.15) is 0 Å². The van der Waals surface area contributed by atoms with E-state index in [-0.39, 0.29) is 5.54 Å². The van der Waals surface area contributed by atoms with Gasteiger partial charge < -0.3 is 10.6 Å². The minimum Gasteiger partial charge on any atom is -0.329 e. The molecule has 1 aliphatic rings. The third-order valence-electron chi connectivity index (χ3n) is 5.01. The van der Waals surface area contributed by atoms with E-state index >= 15 is 0 Å². The summed E-state index contributed by atoms with van der Waals surface area (Å²) in [5.74, 6) is 0. The third-order valence-corrected chi connectivity index (χ3v) is 5.01. The van der Waals surface area contributed by atoms with Gasteiger partial charge in [0, 0.05) is 24.7 Å². The first-order valence-electron chi connectivity index (χ1n) is 8.15. The maximum Gasteiger partial charge on any atom is 0.0304 e. The molecule has 0 aromatic carbocycles. The fraction of sp³-hybridized carbons (Fsp3) is 1.00. The van der Waals surface area contributed by atoms with Crippen LogP contribution in [0.3, 0.4) is 0 Å². The fourth-order valence-corrected chi connectivity index (χ4v) is 3.25. The van der Waals surface area contributed by atoms with Crippen LogP contribution in [0.25, 0.3) is 0 Å². The SMILES string of the molecule is CCCCCCC(C)(CN)N(C)C1CCCN(C)C1. The molecular formula is C16H35N3. The first kappa shape index (κ1) is 16.9. The summed E-state index contributed by atoms with van der Waals surface area (Å²) < 4.78 is 0. The smallest absolute Gasteiger partial charge is 0.0304 e. The predicted octanol–water partition coefficient (Wildman–Crippen LogP) is 2.70. The molecule has 0 bridgehead atoms. The molecule has 1 fully saturated rings. The molecule has 1 rings (SSSR count). The standard InChI is InChI=1S/C16H35N3/c1-5-6-7-8-11-16(2,14-17)19(4)15-10-9-12-18(3)13-15/h15H,5-14,17H2,1-4H3. The summed E-state index contributed by atoms with van der Waals surface area (Å²) in [6.45, 7) is 7.84. The Morgan fingerprint density at radius 2 is 2.05 bits per heavy atom. The molecule has 1 heterocycles. The van der Waals surface area contributed by atoms with E-state index in [0.717, 1.165) is 6.54 Å². The molecule has 2 N–H and O–H groups in total. The topological polar surface area (TPSA) is 32.5 Å². The van der Waals surface area contributed by atoms with Gasteiger partial charge in [-0.25, -0.2) is 0 Å². The molecule has 2 atom stereocenters. The van der Waals surface area contributed by atoms with Crippen molar-refractivity contribution in [3.63, 3.8) is 0 Å². The number of piperidine rings is 1. The van der Waals surface area contributed by atoms with Gasteiger partial charge in [0.05, 0.1) is 0 Å². The Kier molecular flexibility index (Phi) is 7.33. The Labute approximate surface area is 120 Å². The van der Waals surface area contributed by atoms with Crippen molar-refractivity contribution in [1.29, 1.82) is 0 Å². The molecule has 0 radical (unpaired) electrons. The molecule has 3 nitrogen and oxygen atoms in total. The van der Waals surface area contributed by atoms with Gasteiger partial charge in [0.15, 0.2) is 0 Å². The molecule has 0 aromatic rings. The summed E-state index contributed by atoms with van der Waals surface area (Å²) in [6, 6.07) is 0.679. The van der Waals surface area contributed by atoms with E-state index in [0.29, 0.717) is 6.04 Å². The molecule has 1 saturated heterocycles. The van der Waals surface area contributed by atoms with Gasteiger partial charge in [-0.05, 0) is 46.8 Å². The average molecular weight is 269 g/mol. The number of nitrogens with zero attached hydrogens (tertiary/aromatic N) is 2. The fourth-order valence-electron chi connectivity index (χ4n) is 3.25. The lowest BCUT2D eigenvalue weighted by Gasteiger charge is -2.46. The van der Waals surface area contributed by atoms with Gasteiger partial charge in [-0.15, -0.1) is 0 Å². The second-order valence-corrected chi connectivity index (χ2v) is 6.68. The molecule has 0 spiro atoms. The van der Waals surface area contributed by atoms with Crippen LogP contribution < -0.4 is 5.73 Å². The van der Waals surface area contributed by atoms with Gasteiger partial charge in [-0.1, -0.05) is 32.6 Å². The van der Waals surface area contributed by atoms with Crippen LogP contribution in [0, 0.1) is 0 Å². The van der Waals surface area contributed by atoms with Gasteiger partial charge in [0.25, 0.3) is 0 Å². The molecule has 2 unspecified atom stereocenters. The molecule has 0 amide bonds. The summed E-state index contributed by atoms with van der Waals surface area (Å²) in [5, 5.41) is 0. The van der Waals surface area contributed by atoms with Gasteiger partial charge in [0.2, 0.25) is 0 Å².